The molecule has 1 saturated heterocycles. The Morgan fingerprint density at radius 1 is 1.00 bits per heavy atom. The molecular formula is C36H38N2O3. The molecule has 1 N–H and O–H groups in total. The maximum Gasteiger partial charge on any atom is 0.238 e. The SMILES string of the molecule is Cc1ccc2c(c1)C=C[C@H]1N2[C@H](C(=O)C(C)(C)C)[C@@H](C(=O)c2ccc(CC(C)C)cc2)[C@]12C(=O)Nc1ccccc12. The number of anilines is 2. The number of rotatable bonds is 5. The molecule has 41 heavy (non-hydrogen) atoms. The van der Waals surface area contributed by atoms with Crippen molar-refractivity contribution in [2.75, 3.05) is 10.2 Å². The van der Waals surface area contributed by atoms with Crippen LogP contribution in [0.3, 0.4) is 0 Å². The van der Waals surface area contributed by atoms with Crippen molar-refractivity contribution in [2.24, 2.45) is 17.3 Å². The number of para-hydroxylation sites is 1. The van der Waals surface area contributed by atoms with Crippen LogP contribution in [0.5, 0.6) is 0 Å². The number of nitrogens with one attached hydrogen (secondary N) is 1. The second-order valence-corrected chi connectivity index (χ2v) is 13.3. The number of aryl methyl sites for hydroxylation is 1. The summed E-state index contributed by atoms with van der Waals surface area (Å²) in [6.07, 6.45) is 5.00. The van der Waals surface area contributed by atoms with Gasteiger partial charge in [-0.2, -0.15) is 0 Å². The van der Waals surface area contributed by atoms with Crippen LogP contribution in [0.25, 0.3) is 6.08 Å². The van der Waals surface area contributed by atoms with Crippen LogP contribution in [0, 0.1) is 24.2 Å². The molecule has 3 aliphatic heterocycles. The van der Waals surface area contributed by atoms with E-state index in [1.807, 2.05) is 101 Å². The number of hydrogen-bond acceptors (Lipinski definition) is 4. The van der Waals surface area contributed by atoms with Crippen molar-refractivity contribution >= 4 is 34.9 Å². The lowest BCUT2D eigenvalue weighted by molar-refractivity contribution is -0.128. The molecule has 0 saturated carbocycles. The summed E-state index contributed by atoms with van der Waals surface area (Å²) < 4.78 is 0. The first kappa shape index (κ1) is 27.2. The van der Waals surface area contributed by atoms with E-state index in [-0.39, 0.29) is 17.5 Å². The number of fused-ring (bicyclic) bond motifs is 6. The van der Waals surface area contributed by atoms with E-state index in [1.165, 1.54) is 0 Å². The molecule has 1 amide bonds. The van der Waals surface area contributed by atoms with Gasteiger partial charge in [-0.1, -0.05) is 101 Å². The summed E-state index contributed by atoms with van der Waals surface area (Å²) in [6.45, 7) is 12.1. The fraction of sp³-hybridized carbons (Fsp3) is 0.361. The van der Waals surface area contributed by atoms with Gasteiger partial charge in [-0.05, 0) is 54.2 Å². The van der Waals surface area contributed by atoms with Gasteiger partial charge in [0.2, 0.25) is 5.91 Å². The van der Waals surface area contributed by atoms with E-state index in [0.29, 0.717) is 17.2 Å². The third-order valence-electron chi connectivity index (χ3n) is 8.96. The van der Waals surface area contributed by atoms with Gasteiger partial charge in [0, 0.05) is 22.4 Å². The highest BCUT2D eigenvalue weighted by Gasteiger charge is 2.70. The molecule has 3 aromatic carbocycles. The first-order valence-corrected chi connectivity index (χ1v) is 14.6. The molecule has 210 valence electrons. The van der Waals surface area contributed by atoms with Gasteiger partial charge in [-0.25, -0.2) is 0 Å². The average Bonchev–Trinajstić information content (AvgIpc) is 3.39. The van der Waals surface area contributed by atoms with Gasteiger partial charge >= 0.3 is 0 Å². The molecule has 3 aliphatic rings. The highest BCUT2D eigenvalue weighted by molar-refractivity contribution is 6.17. The molecule has 5 nitrogen and oxygen atoms in total. The van der Waals surface area contributed by atoms with Crippen LogP contribution in [-0.2, 0) is 21.4 Å². The van der Waals surface area contributed by atoms with Crippen LogP contribution in [0.15, 0.2) is 72.8 Å². The van der Waals surface area contributed by atoms with Crippen LogP contribution in [0.2, 0.25) is 0 Å². The molecule has 0 aromatic heterocycles. The second-order valence-electron chi connectivity index (χ2n) is 13.3. The van der Waals surface area contributed by atoms with Crippen molar-refractivity contribution < 1.29 is 14.4 Å². The Bertz CT molecular complexity index is 1590. The van der Waals surface area contributed by atoms with Crippen LogP contribution in [0.1, 0.15) is 67.2 Å². The molecule has 3 aromatic rings. The predicted molar refractivity (Wildman–Crippen MR) is 164 cm³/mol. The molecule has 0 radical (unpaired) electrons. The van der Waals surface area contributed by atoms with Crippen molar-refractivity contribution in [2.45, 2.75) is 65.5 Å². The minimum Gasteiger partial charge on any atom is -0.352 e. The summed E-state index contributed by atoms with van der Waals surface area (Å²) in [7, 11) is 0. The summed E-state index contributed by atoms with van der Waals surface area (Å²) in [4.78, 5) is 45.9. The Balaban J connectivity index is 1.62. The fourth-order valence-corrected chi connectivity index (χ4v) is 7.20. The molecule has 3 heterocycles. The molecule has 0 bridgehead atoms. The summed E-state index contributed by atoms with van der Waals surface area (Å²) in [6, 6.07) is 20.2. The van der Waals surface area contributed by atoms with Gasteiger partial charge in [-0.15, -0.1) is 0 Å². The maximum absolute atomic E-state index is 14.9. The van der Waals surface area contributed by atoms with Crippen molar-refractivity contribution in [3.63, 3.8) is 0 Å². The minimum absolute atomic E-state index is 0.0480. The molecule has 1 spiro atoms. The maximum atomic E-state index is 14.9. The van der Waals surface area contributed by atoms with Crippen LogP contribution < -0.4 is 10.2 Å². The highest BCUT2D eigenvalue weighted by atomic mass is 16.2. The number of ketones is 2. The minimum atomic E-state index is -1.27. The van der Waals surface area contributed by atoms with Gasteiger partial charge in [-0.3, -0.25) is 14.4 Å². The van der Waals surface area contributed by atoms with Crippen molar-refractivity contribution in [3.05, 3.63) is 101 Å². The summed E-state index contributed by atoms with van der Waals surface area (Å²) in [5.74, 6) is -0.877. The lowest BCUT2D eigenvalue weighted by atomic mass is 9.63. The van der Waals surface area contributed by atoms with Crippen molar-refractivity contribution in [3.8, 4) is 0 Å². The number of carbonyl (C=O) groups excluding carboxylic acids is 3. The van der Waals surface area contributed by atoms with E-state index in [2.05, 4.69) is 30.1 Å². The van der Waals surface area contributed by atoms with E-state index < -0.39 is 28.8 Å². The smallest absolute Gasteiger partial charge is 0.238 e. The van der Waals surface area contributed by atoms with Gasteiger partial charge in [0.15, 0.2) is 11.6 Å². The molecule has 5 heteroatoms. The lowest BCUT2D eigenvalue weighted by Crippen LogP contribution is -2.51. The van der Waals surface area contributed by atoms with Crippen LogP contribution >= 0.6 is 0 Å². The number of hydrogen-bond donors (Lipinski definition) is 1. The van der Waals surface area contributed by atoms with E-state index in [1.54, 1.807) is 0 Å². The molecule has 0 unspecified atom stereocenters. The standard InChI is InChI=1S/C36H38N2O3/c1-21(2)19-23-12-14-24(15-13-23)32(39)30-31(33(40)35(4,5)6)38-28-17-11-22(3)20-25(28)16-18-29(38)36(30)26-9-7-8-10-27(26)37-34(36)41/h7-18,20-21,29-31H,19H2,1-6H3,(H,37,41)/t29-,30+,31+,36-/m1/s1. The Morgan fingerprint density at radius 2 is 1.71 bits per heavy atom. The molecule has 0 aliphatic carbocycles. The van der Waals surface area contributed by atoms with Gasteiger partial charge in [0.25, 0.3) is 0 Å². The van der Waals surface area contributed by atoms with Crippen LogP contribution in [-0.4, -0.2) is 29.6 Å². The zero-order chi connectivity index (χ0) is 29.3. The topological polar surface area (TPSA) is 66.5 Å². The summed E-state index contributed by atoms with van der Waals surface area (Å²) >= 11 is 0. The third kappa shape index (κ3) is 4.08. The van der Waals surface area contributed by atoms with Gasteiger partial charge < -0.3 is 10.2 Å². The third-order valence-corrected chi connectivity index (χ3v) is 8.96. The predicted octanol–water partition coefficient (Wildman–Crippen LogP) is 6.78. The first-order valence-electron chi connectivity index (χ1n) is 14.6. The number of amides is 1. The number of carbonyl (C=O) groups is 3. The van der Waals surface area contributed by atoms with Gasteiger partial charge in [0.05, 0.1) is 12.0 Å². The first-order chi connectivity index (χ1) is 19.4. The zero-order valence-corrected chi connectivity index (χ0v) is 24.7. The fourth-order valence-electron chi connectivity index (χ4n) is 7.20. The Morgan fingerprint density at radius 3 is 2.39 bits per heavy atom. The molecular weight excluding hydrogens is 508 g/mol. The lowest BCUT2D eigenvalue weighted by Gasteiger charge is -2.38. The summed E-state index contributed by atoms with van der Waals surface area (Å²) in [5, 5.41) is 3.10. The Hall–Kier alpha value is -3.99. The van der Waals surface area contributed by atoms with E-state index in [9.17, 15) is 14.4 Å². The van der Waals surface area contributed by atoms with Crippen LogP contribution in [0.4, 0.5) is 11.4 Å². The average molecular weight is 547 g/mol. The van der Waals surface area contributed by atoms with E-state index in [4.69, 9.17) is 0 Å². The summed E-state index contributed by atoms with van der Waals surface area (Å²) in [5.41, 5.74) is 4.14. The number of nitrogens with zero attached hydrogens (tertiary/aromatic N) is 1. The molecule has 1 fully saturated rings. The van der Waals surface area contributed by atoms with Crippen molar-refractivity contribution in [1.82, 2.24) is 0 Å². The van der Waals surface area contributed by atoms with Gasteiger partial charge in [0.1, 0.15) is 11.5 Å². The second kappa shape index (κ2) is 9.54. The molecule has 6 rings (SSSR count). The normalized spacial score (nSPS) is 24.3. The van der Waals surface area contributed by atoms with E-state index in [0.717, 1.165) is 34.4 Å². The Kier molecular flexibility index (Phi) is 6.33. The zero-order valence-electron chi connectivity index (χ0n) is 24.7. The largest absolute Gasteiger partial charge is 0.352 e. The number of benzene rings is 3. The quantitative estimate of drug-likeness (QED) is 0.358. The number of Topliss-reactive ketones (excluding diaryl/α,β-unsaturated/α-hetero) is 2. The molecule has 4 atom stereocenters. The van der Waals surface area contributed by atoms with Crippen molar-refractivity contribution in [1.29, 1.82) is 0 Å². The van der Waals surface area contributed by atoms with E-state index >= 15 is 0 Å². The highest BCUT2D eigenvalue weighted by Crippen LogP contribution is 2.58. The monoisotopic (exact) mass is 546 g/mol. The Labute approximate surface area is 242 Å².